The van der Waals surface area contributed by atoms with E-state index in [9.17, 15) is 13.2 Å². The van der Waals surface area contributed by atoms with Gasteiger partial charge in [0.05, 0.1) is 11.5 Å². The average Bonchev–Trinajstić information content (AvgIpc) is 2.61. The number of carbonyl (C=O) groups excluding carboxylic acids is 1. The lowest BCUT2D eigenvalue weighted by molar-refractivity contribution is 0.0732. The summed E-state index contributed by atoms with van der Waals surface area (Å²) < 4.78 is 27.2. The molecular weight excluding hydrogens is 364 g/mol. The van der Waals surface area contributed by atoms with Gasteiger partial charge in [-0.15, -0.1) is 0 Å². The molecule has 8 heteroatoms. The van der Waals surface area contributed by atoms with Crippen LogP contribution in [0.25, 0.3) is 0 Å². The highest BCUT2D eigenvalue weighted by Gasteiger charge is 2.17. The third kappa shape index (κ3) is 4.94. The summed E-state index contributed by atoms with van der Waals surface area (Å²) >= 11 is 5.78. The fraction of sp³-hybridized carbons (Fsp3) is 0.235. The van der Waals surface area contributed by atoms with Gasteiger partial charge in [0.1, 0.15) is 0 Å². The van der Waals surface area contributed by atoms with Crippen LogP contribution in [-0.4, -0.2) is 44.0 Å². The number of likely N-dealkylation sites (N-methyl/N-ethyl adjacent to an activating group) is 1. The van der Waals surface area contributed by atoms with Gasteiger partial charge in [-0.2, -0.15) is 0 Å². The molecule has 2 aromatic carbocycles. The third-order valence-electron chi connectivity index (χ3n) is 3.55. The Morgan fingerprint density at radius 2 is 1.72 bits per heavy atom. The Kier molecular flexibility index (Phi) is 6.41. The number of amides is 1. The van der Waals surface area contributed by atoms with Crippen LogP contribution < -0.4 is 4.72 Å². The zero-order valence-corrected chi connectivity index (χ0v) is 15.2. The first-order valence-electron chi connectivity index (χ1n) is 7.66. The topological polar surface area (TPSA) is 86.7 Å². The summed E-state index contributed by atoms with van der Waals surface area (Å²) in [5, 5.41) is 9.49. The van der Waals surface area contributed by atoms with Crippen molar-refractivity contribution in [3.63, 3.8) is 0 Å². The second kappa shape index (κ2) is 8.33. The van der Waals surface area contributed by atoms with Gasteiger partial charge in [-0.1, -0.05) is 11.6 Å². The molecule has 0 bridgehead atoms. The number of hydrogen-bond donors (Lipinski definition) is 2. The Morgan fingerprint density at radius 1 is 1.12 bits per heavy atom. The van der Waals surface area contributed by atoms with Crippen molar-refractivity contribution in [2.24, 2.45) is 0 Å². The molecule has 0 aromatic heterocycles. The minimum absolute atomic E-state index is 0.0456. The maximum atomic E-state index is 12.4. The van der Waals surface area contributed by atoms with E-state index in [1.54, 1.807) is 24.3 Å². The van der Waals surface area contributed by atoms with Gasteiger partial charge in [-0.3, -0.25) is 9.52 Å². The first-order chi connectivity index (χ1) is 11.9. The molecule has 2 aromatic rings. The number of nitrogens with one attached hydrogen (secondary N) is 1. The van der Waals surface area contributed by atoms with E-state index in [1.807, 2.05) is 6.92 Å². The normalized spacial score (nSPS) is 11.2. The molecule has 0 saturated carbocycles. The molecule has 0 unspecified atom stereocenters. The molecule has 2 N–H and O–H groups in total. The Balaban J connectivity index is 2.17. The van der Waals surface area contributed by atoms with Gasteiger partial charge in [0, 0.05) is 29.4 Å². The number of aliphatic hydroxyl groups excluding tert-OH is 1. The fourth-order valence-electron chi connectivity index (χ4n) is 2.22. The van der Waals surface area contributed by atoms with Crippen molar-refractivity contribution < 1.29 is 18.3 Å². The Bertz CT molecular complexity index is 821. The van der Waals surface area contributed by atoms with E-state index in [0.717, 1.165) is 0 Å². The van der Waals surface area contributed by atoms with Crippen molar-refractivity contribution in [3.8, 4) is 0 Å². The zero-order chi connectivity index (χ0) is 18.4. The molecule has 0 atom stereocenters. The highest BCUT2D eigenvalue weighted by Crippen LogP contribution is 2.19. The zero-order valence-electron chi connectivity index (χ0n) is 13.6. The number of benzene rings is 2. The van der Waals surface area contributed by atoms with Gasteiger partial charge in [-0.25, -0.2) is 8.42 Å². The number of carbonyl (C=O) groups is 1. The smallest absolute Gasteiger partial charge is 0.261 e. The fourth-order valence-corrected chi connectivity index (χ4v) is 3.40. The van der Waals surface area contributed by atoms with Crippen LogP contribution in [-0.2, 0) is 10.0 Å². The largest absolute Gasteiger partial charge is 0.395 e. The van der Waals surface area contributed by atoms with E-state index < -0.39 is 10.0 Å². The predicted octanol–water partition coefficient (Wildman–Crippen LogP) is 2.60. The van der Waals surface area contributed by atoms with Gasteiger partial charge < -0.3 is 10.0 Å². The molecule has 0 aliphatic carbocycles. The molecule has 25 heavy (non-hydrogen) atoms. The van der Waals surface area contributed by atoms with Crippen molar-refractivity contribution in [2.45, 2.75) is 11.8 Å². The standard InChI is InChI=1S/C17H19ClN2O4S/c1-2-20(11-12-21)17(22)13-3-9-16(10-4-13)25(23,24)19-15-7-5-14(18)6-8-15/h3-10,19,21H,2,11-12H2,1H3. The first-order valence-corrected chi connectivity index (χ1v) is 9.52. The van der Waals surface area contributed by atoms with Gasteiger partial charge in [0.25, 0.3) is 15.9 Å². The SMILES string of the molecule is CCN(CCO)C(=O)c1ccc(S(=O)(=O)Nc2ccc(Cl)cc2)cc1. The van der Waals surface area contributed by atoms with E-state index in [-0.39, 0.29) is 24.0 Å². The van der Waals surface area contributed by atoms with Crippen LogP contribution in [0.1, 0.15) is 17.3 Å². The summed E-state index contributed by atoms with van der Waals surface area (Å²) in [5.74, 6) is -0.258. The molecule has 0 aliphatic heterocycles. The predicted molar refractivity (Wildman–Crippen MR) is 97.4 cm³/mol. The van der Waals surface area contributed by atoms with Crippen molar-refractivity contribution in [1.29, 1.82) is 0 Å². The summed E-state index contributed by atoms with van der Waals surface area (Å²) in [6, 6.07) is 12.0. The molecule has 6 nitrogen and oxygen atoms in total. The first kappa shape index (κ1) is 19.2. The molecule has 134 valence electrons. The highest BCUT2D eigenvalue weighted by molar-refractivity contribution is 7.92. The van der Waals surface area contributed by atoms with E-state index in [0.29, 0.717) is 22.8 Å². The summed E-state index contributed by atoms with van der Waals surface area (Å²) in [7, 11) is -3.76. The highest BCUT2D eigenvalue weighted by atomic mass is 35.5. The molecule has 0 heterocycles. The number of nitrogens with zero attached hydrogens (tertiary/aromatic N) is 1. The van der Waals surface area contributed by atoms with Crippen LogP contribution in [0.5, 0.6) is 0 Å². The molecule has 0 radical (unpaired) electrons. The number of hydrogen-bond acceptors (Lipinski definition) is 4. The number of halogens is 1. The quantitative estimate of drug-likeness (QED) is 0.770. The van der Waals surface area contributed by atoms with Crippen LogP contribution in [0.3, 0.4) is 0 Å². The van der Waals surface area contributed by atoms with Gasteiger partial charge >= 0.3 is 0 Å². The van der Waals surface area contributed by atoms with Gasteiger partial charge in [0.15, 0.2) is 0 Å². The molecule has 0 aliphatic rings. The van der Waals surface area contributed by atoms with Crippen LogP contribution in [0.2, 0.25) is 5.02 Å². The third-order valence-corrected chi connectivity index (χ3v) is 5.20. The molecule has 2 rings (SSSR count). The molecular formula is C17H19ClN2O4S. The van der Waals surface area contributed by atoms with Gasteiger partial charge in [-0.05, 0) is 55.5 Å². The Labute approximate surface area is 152 Å². The average molecular weight is 383 g/mol. The molecule has 0 fully saturated rings. The van der Waals surface area contributed by atoms with E-state index >= 15 is 0 Å². The minimum atomic E-state index is -3.76. The van der Waals surface area contributed by atoms with E-state index in [4.69, 9.17) is 16.7 Å². The lowest BCUT2D eigenvalue weighted by Gasteiger charge is -2.19. The minimum Gasteiger partial charge on any atom is -0.395 e. The summed E-state index contributed by atoms with van der Waals surface area (Å²) in [6.07, 6.45) is 0. The Hall–Kier alpha value is -2.09. The maximum absolute atomic E-state index is 12.4. The summed E-state index contributed by atoms with van der Waals surface area (Å²) in [5.41, 5.74) is 0.755. The van der Waals surface area contributed by atoms with Crippen molar-refractivity contribution >= 4 is 33.2 Å². The van der Waals surface area contributed by atoms with E-state index in [1.165, 1.54) is 29.2 Å². The van der Waals surface area contributed by atoms with Crippen molar-refractivity contribution in [1.82, 2.24) is 4.90 Å². The lowest BCUT2D eigenvalue weighted by Crippen LogP contribution is -2.33. The maximum Gasteiger partial charge on any atom is 0.261 e. The second-order valence-corrected chi connectivity index (χ2v) is 7.36. The Morgan fingerprint density at radius 3 is 2.24 bits per heavy atom. The van der Waals surface area contributed by atoms with Crippen LogP contribution >= 0.6 is 11.6 Å². The molecule has 0 spiro atoms. The molecule has 0 saturated heterocycles. The lowest BCUT2D eigenvalue weighted by atomic mass is 10.2. The molecule has 1 amide bonds. The van der Waals surface area contributed by atoms with Crippen LogP contribution in [0, 0.1) is 0 Å². The van der Waals surface area contributed by atoms with Gasteiger partial charge in [0.2, 0.25) is 0 Å². The number of rotatable bonds is 7. The summed E-state index contributed by atoms with van der Waals surface area (Å²) in [4.78, 5) is 13.8. The number of aliphatic hydroxyl groups is 1. The van der Waals surface area contributed by atoms with Crippen molar-refractivity contribution in [2.75, 3.05) is 24.4 Å². The van der Waals surface area contributed by atoms with Crippen LogP contribution in [0.15, 0.2) is 53.4 Å². The van der Waals surface area contributed by atoms with Crippen LogP contribution in [0.4, 0.5) is 5.69 Å². The summed E-state index contributed by atoms with van der Waals surface area (Å²) in [6.45, 7) is 2.37. The van der Waals surface area contributed by atoms with Crippen molar-refractivity contribution in [3.05, 3.63) is 59.1 Å². The number of anilines is 1. The number of sulfonamides is 1. The second-order valence-electron chi connectivity index (χ2n) is 5.25. The monoisotopic (exact) mass is 382 g/mol. The van der Waals surface area contributed by atoms with E-state index in [2.05, 4.69) is 4.72 Å².